The molecule has 0 spiro atoms. The molecular formula is C24H29NO3. The zero-order chi connectivity index (χ0) is 19.4. The Kier molecular flexibility index (Phi) is 8.28. The van der Waals surface area contributed by atoms with Crippen LogP contribution in [0.5, 0.6) is 0 Å². The Morgan fingerprint density at radius 2 is 1.36 bits per heavy atom. The summed E-state index contributed by atoms with van der Waals surface area (Å²) in [6, 6.07) is 20.0. The quantitative estimate of drug-likeness (QED) is 0.401. The minimum absolute atomic E-state index is 0.301. The third kappa shape index (κ3) is 6.04. The average molecular weight is 380 g/mol. The molecule has 4 heteroatoms. The first kappa shape index (κ1) is 20.3. The molecule has 0 atom stereocenters. The minimum Gasteiger partial charge on any atom is -0.436 e. The Labute approximate surface area is 167 Å². The van der Waals surface area contributed by atoms with Crippen LogP contribution in [-0.2, 0) is 11.3 Å². The van der Waals surface area contributed by atoms with Crippen molar-refractivity contribution in [2.45, 2.75) is 45.1 Å². The molecule has 3 aromatic rings. The number of nitrogens with zero attached hydrogens (tertiary/aromatic N) is 1. The maximum Gasteiger partial charge on any atom is 0.227 e. The van der Waals surface area contributed by atoms with Gasteiger partial charge in [-0.05, 0) is 25.0 Å². The topological polar surface area (TPSA) is 55.5 Å². The maximum atomic E-state index is 8.79. The van der Waals surface area contributed by atoms with Crippen molar-refractivity contribution in [3.8, 4) is 22.8 Å². The molecule has 1 aromatic heterocycles. The van der Waals surface area contributed by atoms with Crippen molar-refractivity contribution >= 4 is 0 Å². The van der Waals surface area contributed by atoms with E-state index >= 15 is 0 Å². The van der Waals surface area contributed by atoms with Crippen LogP contribution in [-0.4, -0.2) is 23.3 Å². The molecule has 0 unspecified atom stereocenters. The van der Waals surface area contributed by atoms with Crippen LogP contribution in [0.2, 0.25) is 0 Å². The first-order valence-corrected chi connectivity index (χ1v) is 10.2. The van der Waals surface area contributed by atoms with E-state index in [1.807, 2.05) is 60.7 Å². The summed E-state index contributed by atoms with van der Waals surface area (Å²) in [7, 11) is 0. The van der Waals surface area contributed by atoms with Crippen LogP contribution in [0, 0.1) is 0 Å². The van der Waals surface area contributed by atoms with E-state index in [1.54, 1.807) is 0 Å². The first-order chi connectivity index (χ1) is 13.9. The van der Waals surface area contributed by atoms with E-state index in [-0.39, 0.29) is 0 Å². The lowest BCUT2D eigenvalue weighted by atomic mass is 10.1. The summed E-state index contributed by atoms with van der Waals surface area (Å²) in [5.41, 5.74) is 2.82. The molecule has 0 amide bonds. The summed E-state index contributed by atoms with van der Waals surface area (Å²) in [6.07, 6.45) is 6.60. The second-order valence-electron chi connectivity index (χ2n) is 6.92. The molecule has 28 heavy (non-hydrogen) atoms. The third-order valence-corrected chi connectivity index (χ3v) is 4.69. The Morgan fingerprint density at radius 1 is 0.750 bits per heavy atom. The molecule has 0 aliphatic carbocycles. The highest BCUT2D eigenvalue weighted by molar-refractivity contribution is 5.64. The summed E-state index contributed by atoms with van der Waals surface area (Å²) >= 11 is 0. The number of aliphatic hydroxyl groups excluding tert-OH is 1. The second-order valence-corrected chi connectivity index (χ2v) is 6.92. The van der Waals surface area contributed by atoms with Crippen molar-refractivity contribution in [3.63, 3.8) is 0 Å². The predicted molar refractivity (Wildman–Crippen MR) is 112 cm³/mol. The smallest absolute Gasteiger partial charge is 0.227 e. The lowest BCUT2D eigenvalue weighted by Gasteiger charge is -2.04. The molecule has 1 heterocycles. The van der Waals surface area contributed by atoms with Gasteiger partial charge in [-0.3, -0.25) is 0 Å². The molecule has 3 rings (SSSR count). The summed E-state index contributed by atoms with van der Waals surface area (Å²) in [5, 5.41) is 8.79. The summed E-state index contributed by atoms with van der Waals surface area (Å²) in [5.74, 6) is 1.41. The number of benzene rings is 2. The van der Waals surface area contributed by atoms with E-state index in [2.05, 4.69) is 0 Å². The van der Waals surface area contributed by atoms with Crippen LogP contribution >= 0.6 is 0 Å². The standard InChI is InChI=1S/C24H29NO3/c26-17-11-3-1-2-4-12-18-27-19-22-23(20-13-7-5-8-14-20)28-24(25-22)21-15-9-6-10-16-21/h5-10,13-16,26H,1-4,11-12,17-19H2. The van der Waals surface area contributed by atoms with Gasteiger partial charge in [0.25, 0.3) is 0 Å². The SMILES string of the molecule is OCCCCCCCCOCc1nc(-c2ccccc2)oc1-c1ccccc1. The Bertz CT molecular complexity index is 799. The van der Waals surface area contributed by atoms with Crippen molar-refractivity contribution in [3.05, 3.63) is 66.4 Å². The number of unbranched alkanes of at least 4 members (excludes halogenated alkanes) is 5. The molecular weight excluding hydrogens is 350 g/mol. The zero-order valence-electron chi connectivity index (χ0n) is 16.3. The molecule has 1 N–H and O–H groups in total. The van der Waals surface area contributed by atoms with Gasteiger partial charge in [0.2, 0.25) is 5.89 Å². The molecule has 0 saturated carbocycles. The zero-order valence-corrected chi connectivity index (χ0v) is 16.3. The van der Waals surface area contributed by atoms with E-state index in [1.165, 1.54) is 12.8 Å². The van der Waals surface area contributed by atoms with E-state index in [0.717, 1.165) is 54.9 Å². The molecule has 0 aliphatic rings. The lowest BCUT2D eigenvalue weighted by molar-refractivity contribution is 0.114. The van der Waals surface area contributed by atoms with Crippen LogP contribution in [0.4, 0.5) is 0 Å². The van der Waals surface area contributed by atoms with Crippen molar-refractivity contribution < 1.29 is 14.3 Å². The van der Waals surface area contributed by atoms with Gasteiger partial charge in [0.15, 0.2) is 5.76 Å². The fourth-order valence-electron chi connectivity index (χ4n) is 3.16. The van der Waals surface area contributed by atoms with Crippen molar-refractivity contribution in [1.82, 2.24) is 4.98 Å². The van der Waals surface area contributed by atoms with Crippen molar-refractivity contribution in [2.75, 3.05) is 13.2 Å². The number of aromatic nitrogens is 1. The van der Waals surface area contributed by atoms with Crippen LogP contribution in [0.1, 0.15) is 44.2 Å². The number of oxazole rings is 1. The van der Waals surface area contributed by atoms with Gasteiger partial charge in [-0.2, -0.15) is 0 Å². The molecule has 4 nitrogen and oxygen atoms in total. The predicted octanol–water partition coefficient (Wildman–Crippen LogP) is 5.86. The molecule has 0 fully saturated rings. The number of aliphatic hydroxyl groups is 1. The third-order valence-electron chi connectivity index (χ3n) is 4.69. The Morgan fingerprint density at radius 3 is 2.04 bits per heavy atom. The van der Waals surface area contributed by atoms with Gasteiger partial charge in [0, 0.05) is 24.3 Å². The molecule has 0 radical (unpaired) electrons. The van der Waals surface area contributed by atoms with E-state index in [9.17, 15) is 0 Å². The average Bonchev–Trinajstić information content (AvgIpc) is 3.18. The van der Waals surface area contributed by atoms with Gasteiger partial charge in [-0.25, -0.2) is 4.98 Å². The van der Waals surface area contributed by atoms with Gasteiger partial charge in [0.05, 0.1) is 6.61 Å². The number of ether oxygens (including phenoxy) is 1. The highest BCUT2D eigenvalue weighted by Crippen LogP contribution is 2.30. The monoisotopic (exact) mass is 379 g/mol. The lowest BCUT2D eigenvalue weighted by Crippen LogP contribution is -1.98. The van der Waals surface area contributed by atoms with Crippen LogP contribution in [0.3, 0.4) is 0 Å². The van der Waals surface area contributed by atoms with Gasteiger partial charge < -0.3 is 14.3 Å². The van der Waals surface area contributed by atoms with E-state index in [0.29, 0.717) is 19.1 Å². The second kappa shape index (κ2) is 11.4. The molecule has 0 bridgehead atoms. The summed E-state index contributed by atoms with van der Waals surface area (Å²) in [4.78, 5) is 4.71. The largest absolute Gasteiger partial charge is 0.436 e. The van der Waals surface area contributed by atoms with Gasteiger partial charge in [-0.15, -0.1) is 0 Å². The fourth-order valence-corrected chi connectivity index (χ4v) is 3.16. The Balaban J connectivity index is 1.58. The molecule has 2 aromatic carbocycles. The van der Waals surface area contributed by atoms with Crippen molar-refractivity contribution in [1.29, 1.82) is 0 Å². The van der Waals surface area contributed by atoms with Gasteiger partial charge in [0.1, 0.15) is 5.69 Å². The summed E-state index contributed by atoms with van der Waals surface area (Å²) < 4.78 is 12.0. The maximum absolute atomic E-state index is 8.79. The summed E-state index contributed by atoms with van der Waals surface area (Å²) in [6.45, 7) is 1.47. The van der Waals surface area contributed by atoms with Crippen LogP contribution in [0.25, 0.3) is 22.8 Å². The first-order valence-electron chi connectivity index (χ1n) is 10.2. The van der Waals surface area contributed by atoms with Crippen molar-refractivity contribution in [2.24, 2.45) is 0 Å². The molecule has 0 saturated heterocycles. The highest BCUT2D eigenvalue weighted by atomic mass is 16.5. The Hall–Kier alpha value is -2.43. The van der Waals surface area contributed by atoms with E-state index in [4.69, 9.17) is 19.2 Å². The van der Waals surface area contributed by atoms with Crippen LogP contribution in [0.15, 0.2) is 65.1 Å². The van der Waals surface area contributed by atoms with Gasteiger partial charge in [-0.1, -0.05) is 74.2 Å². The molecule has 0 aliphatic heterocycles. The fraction of sp³-hybridized carbons (Fsp3) is 0.375. The highest BCUT2D eigenvalue weighted by Gasteiger charge is 2.16. The number of rotatable bonds is 12. The van der Waals surface area contributed by atoms with Gasteiger partial charge >= 0.3 is 0 Å². The molecule has 148 valence electrons. The minimum atomic E-state index is 0.301. The number of hydrogen-bond donors (Lipinski definition) is 1. The normalized spacial score (nSPS) is 11.0. The van der Waals surface area contributed by atoms with E-state index < -0.39 is 0 Å². The van der Waals surface area contributed by atoms with Crippen LogP contribution < -0.4 is 0 Å². The number of hydrogen-bond acceptors (Lipinski definition) is 4.